The topological polar surface area (TPSA) is 210 Å². The molecule has 6 N–H and O–H groups in total. The van der Waals surface area contributed by atoms with Crippen LogP contribution in [0.1, 0.15) is 219 Å². The fourth-order valence-electron chi connectivity index (χ4n) is 7.58. The number of aliphatic hydroxyl groups is 5. The van der Waals surface area contributed by atoms with Crippen molar-refractivity contribution < 1.29 is 63.1 Å². The highest BCUT2D eigenvalue weighted by Gasteiger charge is 2.51. The van der Waals surface area contributed by atoms with Gasteiger partial charge in [-0.15, -0.1) is 0 Å². The van der Waals surface area contributed by atoms with Crippen molar-refractivity contribution in [2.75, 3.05) is 13.2 Å². The van der Waals surface area contributed by atoms with Crippen LogP contribution in [0.15, 0.2) is 0 Å². The van der Waals surface area contributed by atoms with Crippen LogP contribution >= 0.6 is 7.82 Å². The summed E-state index contributed by atoms with van der Waals surface area (Å²) in [7, 11) is -5.11. The zero-order valence-corrected chi connectivity index (χ0v) is 38.0. The van der Waals surface area contributed by atoms with Gasteiger partial charge in [-0.05, 0) is 12.8 Å². The van der Waals surface area contributed by atoms with Crippen LogP contribution in [0.3, 0.4) is 0 Å². The summed E-state index contributed by atoms with van der Waals surface area (Å²) in [6.07, 6.45) is 23.1. The van der Waals surface area contributed by atoms with Crippen molar-refractivity contribution in [2.24, 2.45) is 0 Å². The molecule has 59 heavy (non-hydrogen) atoms. The number of carbonyl (C=O) groups excluding carboxylic acids is 2. The van der Waals surface area contributed by atoms with E-state index in [-0.39, 0.29) is 12.8 Å². The van der Waals surface area contributed by atoms with E-state index < -0.39 is 75.7 Å². The molecular formula is C45H87O13P. The number of carbonyl (C=O) groups is 2. The molecule has 1 rings (SSSR count). The number of rotatable bonds is 40. The summed E-state index contributed by atoms with van der Waals surface area (Å²) in [5.74, 6) is -1.09. The van der Waals surface area contributed by atoms with Gasteiger partial charge in [-0.2, -0.15) is 0 Å². The van der Waals surface area contributed by atoms with E-state index in [2.05, 4.69) is 13.8 Å². The molecule has 0 radical (unpaired) electrons. The van der Waals surface area contributed by atoms with Crippen LogP contribution in [0.5, 0.6) is 0 Å². The molecule has 0 aromatic heterocycles. The fourth-order valence-corrected chi connectivity index (χ4v) is 8.56. The Bertz CT molecular complexity index is 1050. The van der Waals surface area contributed by atoms with Crippen molar-refractivity contribution in [3.8, 4) is 0 Å². The minimum atomic E-state index is -5.11. The van der Waals surface area contributed by atoms with Crippen LogP contribution in [0.4, 0.5) is 0 Å². The van der Waals surface area contributed by atoms with Crippen LogP contribution in [-0.2, 0) is 32.7 Å². The van der Waals surface area contributed by atoms with E-state index in [1.807, 2.05) is 0 Å². The van der Waals surface area contributed by atoms with Crippen molar-refractivity contribution in [3.63, 3.8) is 0 Å². The third-order valence-corrected chi connectivity index (χ3v) is 12.4. The molecule has 0 amide bonds. The number of esters is 2. The molecule has 0 bridgehead atoms. The van der Waals surface area contributed by atoms with E-state index in [9.17, 15) is 44.6 Å². The van der Waals surface area contributed by atoms with Gasteiger partial charge in [0.05, 0.1) is 6.61 Å². The zero-order valence-electron chi connectivity index (χ0n) is 37.1. The monoisotopic (exact) mass is 867 g/mol. The Hall–Kier alpha value is -1.15. The van der Waals surface area contributed by atoms with Gasteiger partial charge in [0.15, 0.2) is 6.10 Å². The summed E-state index contributed by atoms with van der Waals surface area (Å²) in [4.78, 5) is 35.6. The lowest BCUT2D eigenvalue weighted by Crippen LogP contribution is -2.64. The molecule has 0 aliphatic heterocycles. The van der Waals surface area contributed by atoms with E-state index in [1.165, 1.54) is 141 Å². The highest BCUT2D eigenvalue weighted by Crippen LogP contribution is 2.47. The second-order valence-corrected chi connectivity index (χ2v) is 18.4. The Morgan fingerprint density at radius 3 is 1.12 bits per heavy atom. The van der Waals surface area contributed by atoms with Gasteiger partial charge in [0.25, 0.3) is 0 Å². The maximum atomic E-state index is 12.8. The number of ether oxygens (including phenoxy) is 2. The number of phosphoric acid groups is 1. The largest absolute Gasteiger partial charge is 0.472 e. The molecule has 350 valence electrons. The number of phosphoric ester groups is 1. The quantitative estimate of drug-likeness (QED) is 0.0193. The fraction of sp³-hybridized carbons (Fsp3) is 0.956. The Balaban J connectivity index is 2.38. The molecule has 8 atom stereocenters. The Kier molecular flexibility index (Phi) is 34.4. The standard InChI is InChI=1S/C45H87O13P/c1-3-5-7-9-11-13-15-16-17-18-19-20-21-22-23-24-26-28-30-32-34-39(47)57-37(35-55-38(46)33-31-29-27-25-14-12-10-8-6-4-2)36-56-59(53,54)58-45-43(51)41(49)40(48)42(50)44(45)52/h37,40-45,48-52H,3-36H2,1-2H3,(H,53,54)/t37-,40?,41-,42?,43?,44?,45?/m1/s1. The summed E-state index contributed by atoms with van der Waals surface area (Å²) >= 11 is 0. The molecule has 0 saturated heterocycles. The molecule has 1 fully saturated rings. The predicted molar refractivity (Wildman–Crippen MR) is 231 cm³/mol. The average molecular weight is 867 g/mol. The first kappa shape index (κ1) is 55.9. The number of unbranched alkanes of at least 4 members (excludes halogenated alkanes) is 28. The zero-order chi connectivity index (χ0) is 43.6. The van der Waals surface area contributed by atoms with E-state index in [0.717, 1.165) is 38.5 Å². The second kappa shape index (κ2) is 36.3. The summed E-state index contributed by atoms with van der Waals surface area (Å²) in [5.41, 5.74) is 0. The lowest BCUT2D eigenvalue weighted by atomic mass is 9.85. The molecule has 0 spiro atoms. The maximum absolute atomic E-state index is 12.8. The first-order valence-corrected chi connectivity index (χ1v) is 25.3. The molecular weight excluding hydrogens is 779 g/mol. The van der Waals surface area contributed by atoms with E-state index in [0.29, 0.717) is 12.8 Å². The smallest absolute Gasteiger partial charge is 0.462 e. The van der Waals surface area contributed by atoms with E-state index >= 15 is 0 Å². The van der Waals surface area contributed by atoms with Crippen LogP contribution in [0, 0.1) is 0 Å². The molecule has 6 unspecified atom stereocenters. The van der Waals surface area contributed by atoms with Crippen LogP contribution < -0.4 is 0 Å². The van der Waals surface area contributed by atoms with Gasteiger partial charge in [-0.1, -0.05) is 194 Å². The molecule has 1 aliphatic rings. The van der Waals surface area contributed by atoms with Crippen LogP contribution in [0.2, 0.25) is 0 Å². The van der Waals surface area contributed by atoms with Crippen molar-refractivity contribution in [1.29, 1.82) is 0 Å². The van der Waals surface area contributed by atoms with E-state index in [1.54, 1.807) is 0 Å². The summed E-state index contributed by atoms with van der Waals surface area (Å²) in [5, 5.41) is 50.1. The average Bonchev–Trinajstić information content (AvgIpc) is 3.21. The third-order valence-electron chi connectivity index (χ3n) is 11.4. The normalized spacial score (nSPS) is 22.2. The van der Waals surface area contributed by atoms with Crippen molar-refractivity contribution in [1.82, 2.24) is 0 Å². The molecule has 0 aromatic rings. The minimum absolute atomic E-state index is 0.105. The first-order valence-electron chi connectivity index (χ1n) is 23.8. The maximum Gasteiger partial charge on any atom is 0.472 e. The molecule has 0 heterocycles. The van der Waals surface area contributed by atoms with Gasteiger partial charge in [0.1, 0.15) is 43.2 Å². The van der Waals surface area contributed by atoms with Crippen molar-refractivity contribution >= 4 is 19.8 Å². The Morgan fingerprint density at radius 2 is 0.763 bits per heavy atom. The van der Waals surface area contributed by atoms with Gasteiger partial charge >= 0.3 is 19.8 Å². The summed E-state index contributed by atoms with van der Waals surface area (Å²) < 4.78 is 33.5. The lowest BCUT2D eigenvalue weighted by Gasteiger charge is -2.41. The van der Waals surface area contributed by atoms with Gasteiger partial charge in [0, 0.05) is 12.8 Å². The molecule has 0 aromatic carbocycles. The Morgan fingerprint density at radius 1 is 0.458 bits per heavy atom. The van der Waals surface area contributed by atoms with Gasteiger partial charge in [0.2, 0.25) is 0 Å². The minimum Gasteiger partial charge on any atom is -0.462 e. The molecule has 13 nitrogen and oxygen atoms in total. The van der Waals surface area contributed by atoms with Gasteiger partial charge in [-0.3, -0.25) is 18.6 Å². The number of hydrogen-bond donors (Lipinski definition) is 6. The van der Waals surface area contributed by atoms with Gasteiger partial charge < -0.3 is 39.9 Å². The highest BCUT2D eigenvalue weighted by atomic mass is 31.2. The summed E-state index contributed by atoms with van der Waals surface area (Å²) in [6.45, 7) is 3.31. The first-order chi connectivity index (χ1) is 28.4. The number of aliphatic hydroxyl groups excluding tert-OH is 5. The molecule has 14 heteroatoms. The van der Waals surface area contributed by atoms with Crippen molar-refractivity contribution in [3.05, 3.63) is 0 Å². The van der Waals surface area contributed by atoms with Gasteiger partial charge in [-0.25, -0.2) is 4.57 Å². The van der Waals surface area contributed by atoms with E-state index in [4.69, 9.17) is 18.5 Å². The molecule has 1 saturated carbocycles. The Labute approximate surface area is 357 Å². The number of hydrogen-bond acceptors (Lipinski definition) is 12. The lowest BCUT2D eigenvalue weighted by molar-refractivity contribution is -0.220. The third kappa shape index (κ3) is 29.0. The highest BCUT2D eigenvalue weighted by molar-refractivity contribution is 7.47. The predicted octanol–water partition coefficient (Wildman–Crippen LogP) is 9.28. The SMILES string of the molecule is CCCCCCCCCCCCCCCCCCCCCCC(=O)O[C@H](COC(=O)CCCCCCCCCCCC)COP(=O)(O)OC1C(O)C(O)C(O)[C@@H](O)C1O. The molecule has 1 aliphatic carbocycles. The van der Waals surface area contributed by atoms with Crippen LogP contribution in [-0.4, -0.2) is 98.3 Å². The summed E-state index contributed by atoms with van der Waals surface area (Å²) in [6, 6.07) is 0. The van der Waals surface area contributed by atoms with Crippen LogP contribution in [0.25, 0.3) is 0 Å². The second-order valence-electron chi connectivity index (χ2n) is 17.0. The van der Waals surface area contributed by atoms with Crippen molar-refractivity contribution in [2.45, 2.75) is 262 Å².